The van der Waals surface area contributed by atoms with Crippen LogP contribution in [0.1, 0.15) is 33.1 Å². The highest BCUT2D eigenvalue weighted by molar-refractivity contribution is 5.91. The summed E-state index contributed by atoms with van der Waals surface area (Å²) < 4.78 is 126. The molecule has 6 nitrogen and oxygen atoms in total. The van der Waals surface area contributed by atoms with Crippen molar-refractivity contribution >= 4 is 17.9 Å². The Morgan fingerprint density at radius 3 is 1.77 bits per heavy atom. The highest BCUT2D eigenvalue weighted by atomic mass is 19.4. The van der Waals surface area contributed by atoms with Gasteiger partial charge in [-0.2, -0.15) is 39.5 Å². The van der Waals surface area contributed by atoms with E-state index in [1.807, 2.05) is 0 Å². The SMILES string of the molecule is CCC(C)C(=O)OCOC(=O)CC(=O)OCCC(F)(F)C(F)(F)C(F)(F)C(F)(F)F. The van der Waals surface area contributed by atoms with Crippen LogP contribution < -0.4 is 0 Å². The Morgan fingerprint density at radius 2 is 1.30 bits per heavy atom. The summed E-state index contributed by atoms with van der Waals surface area (Å²) in [4.78, 5) is 33.7. The number of carbonyl (C=O) groups is 3. The van der Waals surface area contributed by atoms with Gasteiger partial charge in [0.25, 0.3) is 0 Å². The normalized spacial score (nSPS) is 14.1. The van der Waals surface area contributed by atoms with Gasteiger partial charge < -0.3 is 14.2 Å². The van der Waals surface area contributed by atoms with Crippen molar-refractivity contribution in [2.75, 3.05) is 13.4 Å². The minimum atomic E-state index is -7.05. The Hall–Kier alpha value is -2.22. The van der Waals surface area contributed by atoms with Crippen molar-refractivity contribution in [3.63, 3.8) is 0 Å². The first-order valence-electron chi connectivity index (χ1n) is 8.08. The van der Waals surface area contributed by atoms with E-state index >= 15 is 0 Å². The molecule has 1 atom stereocenters. The van der Waals surface area contributed by atoms with Crippen LogP contribution in [0.25, 0.3) is 0 Å². The van der Waals surface area contributed by atoms with E-state index in [1.54, 1.807) is 6.92 Å². The number of rotatable bonds is 11. The molecular formula is C15H17F9O6. The quantitative estimate of drug-likeness (QED) is 0.200. The molecule has 0 saturated carbocycles. The zero-order valence-corrected chi connectivity index (χ0v) is 15.5. The minimum Gasteiger partial charge on any atom is -0.465 e. The first kappa shape index (κ1) is 27.8. The van der Waals surface area contributed by atoms with Crippen LogP contribution in [0.5, 0.6) is 0 Å². The summed E-state index contributed by atoms with van der Waals surface area (Å²) in [6, 6.07) is 0. The second kappa shape index (κ2) is 10.2. The molecule has 15 heteroatoms. The van der Waals surface area contributed by atoms with E-state index in [1.165, 1.54) is 6.92 Å². The van der Waals surface area contributed by atoms with E-state index in [-0.39, 0.29) is 0 Å². The predicted molar refractivity (Wildman–Crippen MR) is 77.6 cm³/mol. The van der Waals surface area contributed by atoms with Crippen LogP contribution in [0.2, 0.25) is 0 Å². The Kier molecular flexibility index (Phi) is 9.44. The fraction of sp³-hybridized carbons (Fsp3) is 0.800. The van der Waals surface area contributed by atoms with Gasteiger partial charge in [0.2, 0.25) is 6.79 Å². The molecule has 0 aliphatic rings. The summed E-state index contributed by atoms with van der Waals surface area (Å²) in [6.07, 6.45) is -10.2. The molecule has 1 unspecified atom stereocenters. The van der Waals surface area contributed by atoms with Crippen molar-refractivity contribution < 1.29 is 68.1 Å². The lowest BCUT2D eigenvalue weighted by molar-refractivity contribution is -0.397. The lowest BCUT2D eigenvalue weighted by Crippen LogP contribution is -2.61. The van der Waals surface area contributed by atoms with Crippen molar-refractivity contribution in [2.24, 2.45) is 5.92 Å². The Morgan fingerprint density at radius 1 is 0.800 bits per heavy atom. The van der Waals surface area contributed by atoms with Crippen LogP contribution in [0.3, 0.4) is 0 Å². The van der Waals surface area contributed by atoms with E-state index in [0.29, 0.717) is 6.42 Å². The van der Waals surface area contributed by atoms with E-state index in [4.69, 9.17) is 0 Å². The largest absolute Gasteiger partial charge is 0.465 e. The summed E-state index contributed by atoms with van der Waals surface area (Å²) >= 11 is 0. The molecule has 0 spiro atoms. The van der Waals surface area contributed by atoms with Gasteiger partial charge >= 0.3 is 41.9 Å². The highest BCUT2D eigenvalue weighted by Crippen LogP contribution is 2.53. The number of hydrogen-bond acceptors (Lipinski definition) is 6. The van der Waals surface area contributed by atoms with E-state index in [2.05, 4.69) is 14.2 Å². The maximum absolute atomic E-state index is 13.2. The van der Waals surface area contributed by atoms with Crippen LogP contribution in [0.4, 0.5) is 39.5 Å². The molecule has 30 heavy (non-hydrogen) atoms. The first-order valence-corrected chi connectivity index (χ1v) is 8.08. The third-order valence-electron chi connectivity index (χ3n) is 3.61. The lowest BCUT2D eigenvalue weighted by atomic mass is 10.0. The molecule has 0 saturated heterocycles. The molecule has 0 aromatic rings. The van der Waals surface area contributed by atoms with Crippen LogP contribution in [-0.4, -0.2) is 55.3 Å². The van der Waals surface area contributed by atoms with Crippen LogP contribution >= 0.6 is 0 Å². The molecule has 0 aromatic heterocycles. The average Bonchev–Trinajstić information content (AvgIpc) is 2.59. The smallest absolute Gasteiger partial charge is 0.460 e. The Balaban J connectivity index is 4.55. The van der Waals surface area contributed by atoms with Gasteiger partial charge in [-0.25, -0.2) is 0 Å². The summed E-state index contributed by atoms with van der Waals surface area (Å²) in [5.74, 6) is -24.0. The topological polar surface area (TPSA) is 78.9 Å². The van der Waals surface area contributed by atoms with Gasteiger partial charge in [-0.15, -0.1) is 0 Å². The molecule has 0 amide bonds. The van der Waals surface area contributed by atoms with Gasteiger partial charge in [-0.1, -0.05) is 13.8 Å². The second-order valence-corrected chi connectivity index (χ2v) is 5.91. The van der Waals surface area contributed by atoms with Gasteiger partial charge in [0.15, 0.2) is 0 Å². The van der Waals surface area contributed by atoms with Crippen LogP contribution in [-0.2, 0) is 28.6 Å². The number of halogens is 9. The van der Waals surface area contributed by atoms with Gasteiger partial charge in [-0.3, -0.25) is 14.4 Å². The van der Waals surface area contributed by atoms with Crippen LogP contribution in [0.15, 0.2) is 0 Å². The number of carbonyl (C=O) groups excluding carboxylic acids is 3. The number of hydrogen-bond donors (Lipinski definition) is 0. The molecule has 0 radical (unpaired) electrons. The monoisotopic (exact) mass is 464 g/mol. The molecule has 0 bridgehead atoms. The average molecular weight is 464 g/mol. The standard InChI is InChI=1S/C15H17F9O6/c1-3-8(2)11(27)30-7-29-10(26)6-9(25)28-5-4-12(16,17)13(18,19)14(20,21)15(22,23)24/h8H,3-7H2,1-2H3. The van der Waals surface area contributed by atoms with Crippen molar-refractivity contribution in [1.82, 2.24) is 0 Å². The fourth-order valence-electron chi connectivity index (χ4n) is 1.54. The minimum absolute atomic E-state index is 0.414. The van der Waals surface area contributed by atoms with E-state index in [0.717, 1.165) is 0 Å². The fourth-order valence-corrected chi connectivity index (χ4v) is 1.54. The molecule has 0 aliphatic carbocycles. The molecule has 176 valence electrons. The Bertz CT molecular complexity index is 618. The molecule has 0 rings (SSSR count). The van der Waals surface area contributed by atoms with Gasteiger partial charge in [0.05, 0.1) is 18.9 Å². The second-order valence-electron chi connectivity index (χ2n) is 5.91. The molecule has 0 aliphatic heterocycles. The predicted octanol–water partition coefficient (Wildman–Crippen LogP) is 3.87. The summed E-state index contributed by atoms with van der Waals surface area (Å²) in [7, 11) is 0. The highest BCUT2D eigenvalue weighted by Gasteiger charge is 2.81. The molecule has 0 heterocycles. The van der Waals surface area contributed by atoms with Gasteiger partial charge in [0.1, 0.15) is 6.42 Å². The first-order chi connectivity index (χ1) is 13.4. The molecular weight excluding hydrogens is 447 g/mol. The Labute approximate surface area is 163 Å². The maximum Gasteiger partial charge on any atom is 0.460 e. The van der Waals surface area contributed by atoms with E-state index in [9.17, 15) is 53.9 Å². The molecule has 0 fully saturated rings. The zero-order chi connectivity index (χ0) is 24.0. The zero-order valence-electron chi connectivity index (χ0n) is 15.5. The van der Waals surface area contributed by atoms with Crippen molar-refractivity contribution in [1.29, 1.82) is 0 Å². The van der Waals surface area contributed by atoms with Gasteiger partial charge in [0, 0.05) is 0 Å². The van der Waals surface area contributed by atoms with E-state index < -0.39 is 74.0 Å². The van der Waals surface area contributed by atoms with Crippen molar-refractivity contribution in [3.05, 3.63) is 0 Å². The number of alkyl halides is 9. The van der Waals surface area contributed by atoms with Gasteiger partial charge in [-0.05, 0) is 6.42 Å². The van der Waals surface area contributed by atoms with Crippen LogP contribution in [0, 0.1) is 5.92 Å². The number of ether oxygens (including phenoxy) is 3. The molecule has 0 N–H and O–H groups in total. The summed E-state index contributed by atoms with van der Waals surface area (Å²) in [5.41, 5.74) is 0. The maximum atomic E-state index is 13.2. The van der Waals surface area contributed by atoms with Crippen molar-refractivity contribution in [3.8, 4) is 0 Å². The molecule has 0 aromatic carbocycles. The summed E-state index contributed by atoms with van der Waals surface area (Å²) in [5, 5.41) is 0. The summed E-state index contributed by atoms with van der Waals surface area (Å²) in [6.45, 7) is 0.570. The third-order valence-corrected chi connectivity index (χ3v) is 3.61. The van der Waals surface area contributed by atoms with Crippen molar-refractivity contribution in [2.45, 2.75) is 57.1 Å². The third kappa shape index (κ3) is 6.93. The lowest BCUT2D eigenvalue weighted by Gasteiger charge is -2.33. The number of esters is 3.